The Hall–Kier alpha value is -2.87. The number of alkyl halides is 3. The third kappa shape index (κ3) is 10.4. The number of halogens is 5. The first-order valence-electron chi connectivity index (χ1n) is 12.9. The number of carbonyl (C=O) groups is 2. The lowest BCUT2D eigenvalue weighted by molar-refractivity contribution is -0.192. The number of carboxylic acids is 1. The van der Waals surface area contributed by atoms with Crippen LogP contribution in [0.25, 0.3) is 0 Å². The number of rotatable bonds is 8. The summed E-state index contributed by atoms with van der Waals surface area (Å²) < 4.78 is 58.1. The van der Waals surface area contributed by atoms with E-state index in [0.29, 0.717) is 0 Å². The van der Waals surface area contributed by atoms with Crippen LogP contribution in [-0.2, 0) is 26.0 Å². The van der Waals surface area contributed by atoms with Gasteiger partial charge in [-0.05, 0) is 37.0 Å². The lowest BCUT2D eigenvalue weighted by Crippen LogP contribution is -2.35. The molecule has 1 saturated carbocycles. The van der Waals surface area contributed by atoms with Crippen molar-refractivity contribution in [2.24, 2.45) is 4.99 Å². The van der Waals surface area contributed by atoms with Gasteiger partial charge < -0.3 is 15.3 Å². The molecule has 0 unspecified atom stereocenters. The fraction of sp³-hybridized carbons (Fsp3) is 0.444. The number of amidine groups is 1. The third-order valence-corrected chi connectivity index (χ3v) is 9.37. The zero-order valence-corrected chi connectivity index (χ0v) is 25.4. The summed E-state index contributed by atoms with van der Waals surface area (Å²) in [7, 11) is -0.155. The summed E-state index contributed by atoms with van der Waals surface area (Å²) in [6, 6.07) is 13.1. The predicted molar refractivity (Wildman–Crippen MR) is 156 cm³/mol. The lowest BCUT2D eigenvalue weighted by atomic mass is 10.1. The number of likely N-dealkylation sites (N-methyl/N-ethyl adjacent to an activating group) is 1. The number of hydrogen-bond acceptors (Lipinski definition) is 6. The number of amides is 1. The van der Waals surface area contributed by atoms with Crippen molar-refractivity contribution in [2.75, 3.05) is 33.7 Å². The van der Waals surface area contributed by atoms with E-state index in [4.69, 9.17) is 33.1 Å². The minimum absolute atomic E-state index is 0.0741. The molecule has 0 bridgehead atoms. The van der Waals surface area contributed by atoms with Crippen molar-refractivity contribution < 1.29 is 36.3 Å². The highest BCUT2D eigenvalue weighted by Gasteiger charge is 2.38. The van der Waals surface area contributed by atoms with Crippen LogP contribution >= 0.6 is 23.2 Å². The number of nitrogens with zero attached hydrogens (tertiary/aromatic N) is 3. The van der Waals surface area contributed by atoms with E-state index in [9.17, 15) is 26.4 Å². The number of aliphatic carboxylic acids is 1. The first-order valence-corrected chi connectivity index (χ1v) is 15.1. The Morgan fingerprint density at radius 1 is 1.12 bits per heavy atom. The van der Waals surface area contributed by atoms with E-state index < -0.39 is 22.2 Å². The fourth-order valence-electron chi connectivity index (χ4n) is 4.08. The van der Waals surface area contributed by atoms with Crippen LogP contribution in [0.4, 0.5) is 13.2 Å². The second-order valence-corrected chi connectivity index (χ2v) is 12.3. The Morgan fingerprint density at radius 3 is 2.21 bits per heavy atom. The fourth-order valence-corrected chi connectivity index (χ4v) is 6.23. The molecule has 2 aromatic rings. The van der Waals surface area contributed by atoms with Crippen LogP contribution in [0.5, 0.6) is 0 Å². The Labute approximate surface area is 253 Å². The molecular formula is C27H33Cl2F3N4O5S. The number of carboxylic acid groups (broad SMARTS) is 1. The Balaban J connectivity index is 0.000000241. The number of benzene rings is 2. The Bertz CT molecular complexity index is 1340. The van der Waals surface area contributed by atoms with Gasteiger partial charge in [0, 0.05) is 38.8 Å². The summed E-state index contributed by atoms with van der Waals surface area (Å²) in [6.07, 6.45) is 0.629. The highest BCUT2D eigenvalue weighted by Crippen LogP contribution is 2.33. The van der Waals surface area contributed by atoms with Crippen LogP contribution in [0, 0.1) is 0 Å². The molecule has 2 aromatic carbocycles. The van der Waals surface area contributed by atoms with Crippen LogP contribution in [-0.4, -0.2) is 86.9 Å². The predicted octanol–water partition coefficient (Wildman–Crippen LogP) is 4.86. The molecule has 0 atom stereocenters. The molecule has 42 heavy (non-hydrogen) atoms. The molecule has 1 amide bonds. The number of nitrogens with one attached hydrogen (secondary N) is 1. The molecule has 1 heterocycles. The summed E-state index contributed by atoms with van der Waals surface area (Å²) in [4.78, 5) is 25.5. The molecule has 2 aliphatic rings. The molecule has 9 nitrogen and oxygen atoms in total. The van der Waals surface area contributed by atoms with E-state index >= 15 is 0 Å². The van der Waals surface area contributed by atoms with E-state index in [-0.39, 0.29) is 21.0 Å². The quantitative estimate of drug-likeness (QED) is 0.393. The van der Waals surface area contributed by atoms with Crippen molar-refractivity contribution in [3.8, 4) is 0 Å². The van der Waals surface area contributed by atoms with E-state index in [1.165, 1.54) is 15.9 Å². The average molecular weight is 654 g/mol. The first-order chi connectivity index (χ1) is 19.7. The van der Waals surface area contributed by atoms with E-state index in [0.717, 1.165) is 69.5 Å². The van der Waals surface area contributed by atoms with Crippen molar-refractivity contribution in [3.63, 3.8) is 0 Å². The Kier molecular flexibility index (Phi) is 13.5. The minimum atomic E-state index is -5.08. The third-order valence-electron chi connectivity index (χ3n) is 6.49. The molecule has 0 aromatic heterocycles. The van der Waals surface area contributed by atoms with Crippen LogP contribution in [0.1, 0.15) is 36.8 Å². The van der Waals surface area contributed by atoms with Crippen LogP contribution in [0.15, 0.2) is 52.4 Å². The van der Waals surface area contributed by atoms with Gasteiger partial charge in [0.15, 0.2) is 0 Å². The molecule has 15 heteroatoms. The van der Waals surface area contributed by atoms with Crippen LogP contribution in [0.2, 0.25) is 10.0 Å². The van der Waals surface area contributed by atoms with Gasteiger partial charge in [0.2, 0.25) is 16.4 Å². The molecular weight excluding hydrogens is 620 g/mol. The normalized spacial score (nSPS) is 15.1. The summed E-state index contributed by atoms with van der Waals surface area (Å²) in [6.45, 7) is 2.55. The van der Waals surface area contributed by atoms with Gasteiger partial charge in [0.25, 0.3) is 0 Å². The minimum Gasteiger partial charge on any atom is -0.475 e. The molecule has 1 aliphatic carbocycles. The molecule has 0 saturated heterocycles. The summed E-state index contributed by atoms with van der Waals surface area (Å²) in [5.74, 6) is -1.77. The lowest BCUT2D eigenvalue weighted by Gasteiger charge is -2.24. The van der Waals surface area contributed by atoms with E-state index in [2.05, 4.69) is 34.6 Å². The highest BCUT2D eigenvalue weighted by molar-refractivity contribution is 7.89. The maximum atomic E-state index is 12.5. The van der Waals surface area contributed by atoms with Crippen molar-refractivity contribution in [3.05, 3.63) is 63.6 Å². The highest BCUT2D eigenvalue weighted by atomic mass is 35.5. The summed E-state index contributed by atoms with van der Waals surface area (Å²) >= 11 is 11.9. The summed E-state index contributed by atoms with van der Waals surface area (Å²) in [5.41, 5.74) is 2.37. The van der Waals surface area contributed by atoms with Gasteiger partial charge in [0.1, 0.15) is 10.7 Å². The van der Waals surface area contributed by atoms with Gasteiger partial charge in [-0.1, -0.05) is 66.4 Å². The van der Waals surface area contributed by atoms with Crippen molar-refractivity contribution in [2.45, 2.75) is 49.2 Å². The van der Waals surface area contributed by atoms with Crippen molar-refractivity contribution in [1.29, 1.82) is 0 Å². The topological polar surface area (TPSA) is 119 Å². The van der Waals surface area contributed by atoms with Gasteiger partial charge in [-0.2, -0.15) is 17.5 Å². The standard InChI is InChI=1S/C13H17N3O.C12H15Cl2NO2S.C2HF3O2/c1-16(10-17)9-6-11-2-4-12(5-3-11)13-14-7-8-15-13;1-15(9-5-2-3-6-9)18(16,17)11-8-4-7-10(13)12(11)14;3-2(4,5)1(6)7/h2-5,10H,6-9H2,1H3,(H,14,15);4,7-9H,2-3,5-6H2,1H3;(H,6,7). The largest absolute Gasteiger partial charge is 0.490 e. The number of carbonyl (C=O) groups excluding carboxylic acids is 1. The van der Waals surface area contributed by atoms with Gasteiger partial charge in [-0.3, -0.25) is 9.79 Å². The van der Waals surface area contributed by atoms with Gasteiger partial charge in [-0.15, -0.1) is 0 Å². The first kappa shape index (κ1) is 35.3. The molecule has 0 spiro atoms. The molecule has 232 valence electrons. The SMILES string of the molecule is CN(C1CCCC1)S(=O)(=O)c1cccc(Cl)c1Cl.CN(C=O)CCc1ccc(C2=NCCN2)cc1.O=C(O)C(F)(F)F. The Morgan fingerprint density at radius 2 is 1.71 bits per heavy atom. The number of aliphatic imine (C=N–C) groups is 1. The monoisotopic (exact) mass is 652 g/mol. The maximum Gasteiger partial charge on any atom is 0.490 e. The van der Waals surface area contributed by atoms with E-state index in [1.807, 2.05) is 0 Å². The summed E-state index contributed by atoms with van der Waals surface area (Å²) in [5, 5.41) is 10.7. The van der Waals surface area contributed by atoms with Crippen molar-refractivity contribution in [1.82, 2.24) is 14.5 Å². The molecule has 0 radical (unpaired) electrons. The zero-order valence-electron chi connectivity index (χ0n) is 23.1. The second-order valence-electron chi connectivity index (χ2n) is 9.50. The maximum absolute atomic E-state index is 12.5. The van der Waals surface area contributed by atoms with Crippen LogP contribution < -0.4 is 5.32 Å². The van der Waals surface area contributed by atoms with Gasteiger partial charge in [-0.25, -0.2) is 13.2 Å². The number of sulfonamides is 1. The molecule has 4 rings (SSSR count). The smallest absolute Gasteiger partial charge is 0.475 e. The van der Waals surface area contributed by atoms with Gasteiger partial charge >= 0.3 is 12.1 Å². The molecule has 1 fully saturated rings. The second kappa shape index (κ2) is 16.1. The average Bonchev–Trinajstić information content (AvgIpc) is 3.68. The molecule has 1 aliphatic heterocycles. The van der Waals surface area contributed by atoms with Crippen LogP contribution in [0.3, 0.4) is 0 Å². The van der Waals surface area contributed by atoms with Crippen molar-refractivity contribution >= 4 is 51.4 Å². The van der Waals surface area contributed by atoms with Gasteiger partial charge in [0.05, 0.1) is 16.6 Å². The van der Waals surface area contributed by atoms with E-state index in [1.54, 1.807) is 31.1 Å². The zero-order chi connectivity index (χ0) is 31.5. The number of hydrogen-bond donors (Lipinski definition) is 2. The molecule has 2 N–H and O–H groups in total.